The van der Waals surface area contributed by atoms with Gasteiger partial charge in [0.25, 0.3) is 0 Å². The van der Waals surface area contributed by atoms with Crippen molar-refractivity contribution in [3.63, 3.8) is 0 Å². The number of nitrogens with zero attached hydrogens (tertiary/aromatic N) is 1. The van der Waals surface area contributed by atoms with Crippen LogP contribution in [0.5, 0.6) is 0 Å². The van der Waals surface area contributed by atoms with E-state index in [4.69, 9.17) is 0 Å². The number of thiazole rings is 2. The van der Waals surface area contributed by atoms with Gasteiger partial charge in [-0.15, -0.1) is 0 Å². The summed E-state index contributed by atoms with van der Waals surface area (Å²) >= 11 is 2.83. The van der Waals surface area contributed by atoms with Crippen LogP contribution in [0.3, 0.4) is 0 Å². The summed E-state index contributed by atoms with van der Waals surface area (Å²) in [6.07, 6.45) is -0.596. The molecule has 2 aromatic heterocycles. The molecule has 4 nitrogen and oxygen atoms in total. The Morgan fingerprint density at radius 3 is 2.43 bits per heavy atom. The summed E-state index contributed by atoms with van der Waals surface area (Å²) in [5.41, 5.74) is 2.36. The third-order valence-corrected chi connectivity index (χ3v) is 6.15. The number of H-pyrrole nitrogens is 1. The first-order chi connectivity index (χ1) is 14.3. The quantitative estimate of drug-likeness (QED) is 0.377. The maximum absolute atomic E-state index is 12.1. The number of rotatable bonds is 4. The molecule has 0 saturated carbocycles. The highest BCUT2D eigenvalue weighted by atomic mass is 32.1. The highest BCUT2D eigenvalue weighted by Crippen LogP contribution is 2.31. The lowest BCUT2D eigenvalue weighted by Gasteiger charge is -2.06. The van der Waals surface area contributed by atoms with Gasteiger partial charge in [-0.05, 0) is 41.8 Å². The molecule has 0 saturated heterocycles. The van der Waals surface area contributed by atoms with Gasteiger partial charge < -0.3 is 10.3 Å². The lowest BCUT2D eigenvalue weighted by atomic mass is 10.1. The number of aromatic amines is 1. The van der Waals surface area contributed by atoms with Gasteiger partial charge in [-0.3, -0.25) is 4.79 Å². The molecule has 0 aliphatic carbocycles. The molecule has 4 aromatic rings. The van der Waals surface area contributed by atoms with Crippen molar-refractivity contribution in [1.82, 2.24) is 9.97 Å². The van der Waals surface area contributed by atoms with Crippen LogP contribution in [0.2, 0.25) is 0 Å². The molecule has 0 amide bonds. The van der Waals surface area contributed by atoms with Crippen LogP contribution in [0.4, 0.5) is 18.3 Å². The van der Waals surface area contributed by atoms with Crippen LogP contribution in [-0.2, 0) is 12.6 Å². The minimum Gasteiger partial charge on any atom is -0.365 e. The lowest BCUT2D eigenvalue weighted by molar-refractivity contribution is -0.137. The van der Waals surface area contributed by atoms with E-state index < -0.39 is 11.7 Å². The number of aryl methyl sites for hydroxylation is 1. The highest BCUT2D eigenvalue weighted by Gasteiger charge is 2.29. The molecule has 2 heterocycles. The Bertz CT molecular complexity index is 1160. The molecular formula is C21H20F3N3OS2. The van der Waals surface area contributed by atoms with Crippen LogP contribution in [0.25, 0.3) is 20.7 Å². The molecule has 30 heavy (non-hydrogen) atoms. The zero-order chi connectivity index (χ0) is 21.7. The Balaban J connectivity index is 0.000000178. The van der Waals surface area contributed by atoms with E-state index in [1.54, 1.807) is 11.3 Å². The summed E-state index contributed by atoms with van der Waals surface area (Å²) in [4.78, 5) is 19.3. The number of nitrogens with one attached hydrogen (secondary N) is 2. The van der Waals surface area contributed by atoms with Crippen molar-refractivity contribution in [3.05, 3.63) is 69.5 Å². The Kier molecular flexibility index (Phi) is 6.94. The molecule has 0 fully saturated rings. The molecule has 9 heteroatoms. The number of hydrogen-bond acceptors (Lipinski definition) is 5. The topological polar surface area (TPSA) is 57.8 Å². The van der Waals surface area contributed by atoms with Gasteiger partial charge in [-0.25, -0.2) is 4.98 Å². The molecule has 158 valence electrons. The summed E-state index contributed by atoms with van der Waals surface area (Å²) < 4.78 is 37.3. The molecule has 2 N–H and O–H groups in total. The fourth-order valence-electron chi connectivity index (χ4n) is 2.77. The molecule has 0 bridgehead atoms. The fraction of sp³-hybridized carbons (Fsp3) is 0.238. The van der Waals surface area contributed by atoms with Crippen LogP contribution in [0.15, 0.2) is 53.5 Å². The maximum atomic E-state index is 12.1. The summed E-state index contributed by atoms with van der Waals surface area (Å²) in [6.45, 7) is 2.00. The molecule has 0 atom stereocenters. The zero-order valence-electron chi connectivity index (χ0n) is 16.3. The predicted molar refractivity (Wildman–Crippen MR) is 119 cm³/mol. The van der Waals surface area contributed by atoms with Crippen LogP contribution in [0.1, 0.15) is 24.5 Å². The second-order valence-corrected chi connectivity index (χ2v) is 8.50. The molecule has 0 spiro atoms. The number of alkyl halides is 3. The van der Waals surface area contributed by atoms with Crippen molar-refractivity contribution in [2.45, 2.75) is 25.9 Å². The maximum Gasteiger partial charge on any atom is 0.416 e. The van der Waals surface area contributed by atoms with Gasteiger partial charge in [0.1, 0.15) is 0 Å². The number of fused-ring (bicyclic) bond motifs is 1. The van der Waals surface area contributed by atoms with E-state index in [1.165, 1.54) is 23.5 Å². The van der Waals surface area contributed by atoms with E-state index in [9.17, 15) is 18.0 Å². The first-order valence-electron chi connectivity index (χ1n) is 9.23. The van der Waals surface area contributed by atoms with Gasteiger partial charge in [0.15, 0.2) is 5.13 Å². The van der Waals surface area contributed by atoms with Crippen molar-refractivity contribution in [3.8, 4) is 10.4 Å². The van der Waals surface area contributed by atoms with E-state index in [1.807, 2.05) is 38.4 Å². The van der Waals surface area contributed by atoms with E-state index in [0.29, 0.717) is 0 Å². The summed E-state index contributed by atoms with van der Waals surface area (Å²) in [6, 6.07) is 11.3. The normalized spacial score (nSPS) is 11.2. The molecule has 0 aliphatic heterocycles. The molecule has 2 aromatic carbocycles. The number of benzene rings is 2. The largest absolute Gasteiger partial charge is 0.416 e. The third-order valence-electron chi connectivity index (χ3n) is 4.25. The Labute approximate surface area is 179 Å². The first kappa shape index (κ1) is 22.0. The summed E-state index contributed by atoms with van der Waals surface area (Å²) in [5, 5.41) is 3.90. The smallest absolute Gasteiger partial charge is 0.365 e. The van der Waals surface area contributed by atoms with Crippen molar-refractivity contribution in [1.29, 1.82) is 0 Å². The molecule has 4 rings (SSSR count). The van der Waals surface area contributed by atoms with Crippen LogP contribution in [-0.4, -0.2) is 17.0 Å². The lowest BCUT2D eigenvalue weighted by Crippen LogP contribution is -2.04. The Morgan fingerprint density at radius 1 is 1.10 bits per heavy atom. The van der Waals surface area contributed by atoms with Crippen LogP contribution < -0.4 is 10.2 Å². The highest BCUT2D eigenvalue weighted by molar-refractivity contribution is 7.19. The van der Waals surface area contributed by atoms with Gasteiger partial charge in [0, 0.05) is 13.2 Å². The van der Waals surface area contributed by atoms with E-state index >= 15 is 0 Å². The first-order valence-corrected chi connectivity index (χ1v) is 10.9. The number of hydrogen-bond donors (Lipinski definition) is 2. The standard InChI is InChI=1S/C11H9N3OS2.C10H11F3/c1-12-10-13-5-9(16-10)6-2-3-7-8(4-6)17-11(15)14-7;1-2-3-8-4-6-9(7-5-8)10(11,12)13/h2-5H,1H3,(H,12,13)(H,14,15);4-7H,2-3H2,1H3. The van der Waals surface area contributed by atoms with Crippen molar-refractivity contribution < 1.29 is 13.2 Å². The Hall–Kier alpha value is -2.65. The second-order valence-electron chi connectivity index (χ2n) is 6.45. The van der Waals surface area contributed by atoms with Gasteiger partial charge in [0.2, 0.25) is 0 Å². The average Bonchev–Trinajstić information content (AvgIpc) is 3.33. The van der Waals surface area contributed by atoms with E-state index in [0.717, 1.165) is 56.3 Å². The van der Waals surface area contributed by atoms with Crippen molar-refractivity contribution in [2.75, 3.05) is 12.4 Å². The van der Waals surface area contributed by atoms with Crippen molar-refractivity contribution in [2.24, 2.45) is 0 Å². The van der Waals surface area contributed by atoms with Gasteiger partial charge >= 0.3 is 11.0 Å². The monoisotopic (exact) mass is 451 g/mol. The number of anilines is 1. The summed E-state index contributed by atoms with van der Waals surface area (Å²) in [7, 11) is 1.85. The molecule has 0 aliphatic rings. The van der Waals surface area contributed by atoms with E-state index in [2.05, 4.69) is 15.3 Å². The summed E-state index contributed by atoms with van der Waals surface area (Å²) in [5.74, 6) is 0. The van der Waals surface area contributed by atoms with Gasteiger partial charge in [-0.2, -0.15) is 13.2 Å². The average molecular weight is 452 g/mol. The van der Waals surface area contributed by atoms with Crippen LogP contribution >= 0.6 is 22.7 Å². The zero-order valence-corrected chi connectivity index (χ0v) is 18.0. The number of halogens is 3. The molecule has 0 radical (unpaired) electrons. The predicted octanol–water partition coefficient (Wildman–Crippen LogP) is 6.41. The SMILES string of the molecule is CCCc1ccc(C(F)(F)F)cc1.CNc1ncc(-c2ccc3[nH]c(=O)sc3c2)s1. The minimum atomic E-state index is -4.22. The third kappa shape index (κ3) is 5.48. The van der Waals surface area contributed by atoms with Crippen molar-refractivity contribution >= 4 is 38.0 Å². The minimum absolute atomic E-state index is 0.0163. The molecule has 0 unspecified atom stereocenters. The fourth-order valence-corrected chi connectivity index (χ4v) is 4.31. The molecular weight excluding hydrogens is 431 g/mol. The number of aromatic nitrogens is 2. The van der Waals surface area contributed by atoms with Gasteiger partial charge in [-0.1, -0.05) is 54.2 Å². The van der Waals surface area contributed by atoms with Gasteiger partial charge in [0.05, 0.1) is 20.7 Å². The Morgan fingerprint density at radius 2 is 1.83 bits per heavy atom. The van der Waals surface area contributed by atoms with Crippen LogP contribution in [0, 0.1) is 0 Å². The second kappa shape index (κ2) is 9.44. The van der Waals surface area contributed by atoms with E-state index in [-0.39, 0.29) is 4.87 Å².